The second-order valence-electron chi connectivity index (χ2n) is 5.88. The van der Waals surface area contributed by atoms with Gasteiger partial charge in [0, 0.05) is 33.8 Å². The summed E-state index contributed by atoms with van der Waals surface area (Å²) in [5.74, 6) is 0.825. The van der Waals surface area contributed by atoms with Crippen LogP contribution >= 0.6 is 24.0 Å². The minimum atomic E-state index is -0.261. The van der Waals surface area contributed by atoms with Crippen molar-refractivity contribution in [1.29, 1.82) is 0 Å². The number of methoxy groups -OCH3 is 2. The topological polar surface area (TPSA) is 63.2 Å². The fraction of sp³-hybridized carbons (Fsp3) is 0.857. The molecule has 1 rings (SSSR count). The highest BCUT2D eigenvalue weighted by Crippen LogP contribution is 2.24. The Hall–Kier alpha value is -0.570. The third-order valence-corrected chi connectivity index (χ3v) is 3.85. The van der Waals surface area contributed by atoms with Gasteiger partial charge in [0.25, 0.3) is 0 Å². The number of guanidine groups is 1. The van der Waals surface area contributed by atoms with E-state index in [0.717, 1.165) is 12.5 Å². The molecule has 1 saturated heterocycles. The highest BCUT2D eigenvalue weighted by atomic mass is 127. The summed E-state index contributed by atoms with van der Waals surface area (Å²) in [6, 6.07) is 0. The van der Waals surface area contributed by atoms with Crippen LogP contribution in [0.15, 0.2) is 4.99 Å². The first-order chi connectivity index (χ1) is 9.34. The Balaban J connectivity index is 0.00000400. The number of ether oxygens (including phenoxy) is 2. The van der Waals surface area contributed by atoms with Gasteiger partial charge in [-0.2, -0.15) is 0 Å². The van der Waals surface area contributed by atoms with Crippen LogP contribution < -0.4 is 5.32 Å². The molecule has 21 heavy (non-hydrogen) atoms. The highest BCUT2D eigenvalue weighted by Gasteiger charge is 2.37. The number of likely N-dealkylation sites (tertiary alicyclic amines) is 1. The van der Waals surface area contributed by atoms with E-state index in [4.69, 9.17) is 9.47 Å². The lowest BCUT2D eigenvalue weighted by Gasteiger charge is -2.27. The van der Waals surface area contributed by atoms with Gasteiger partial charge in [0.05, 0.1) is 18.6 Å². The number of esters is 1. The van der Waals surface area contributed by atoms with E-state index in [9.17, 15) is 4.79 Å². The van der Waals surface area contributed by atoms with Crippen LogP contribution in [0.3, 0.4) is 0 Å². The Bertz CT molecular complexity index is 374. The van der Waals surface area contributed by atoms with Crippen LogP contribution in [-0.2, 0) is 14.3 Å². The van der Waals surface area contributed by atoms with Gasteiger partial charge in [0.1, 0.15) is 0 Å². The summed E-state index contributed by atoms with van der Waals surface area (Å²) >= 11 is 0. The lowest BCUT2D eigenvalue weighted by Crippen LogP contribution is -2.46. The molecule has 0 spiro atoms. The molecule has 2 unspecified atom stereocenters. The van der Waals surface area contributed by atoms with Crippen LogP contribution in [-0.4, -0.2) is 63.3 Å². The third-order valence-electron chi connectivity index (χ3n) is 3.85. The lowest BCUT2D eigenvalue weighted by atomic mass is 9.99. The first kappa shape index (κ1) is 20.4. The second-order valence-corrected chi connectivity index (χ2v) is 5.88. The zero-order chi connectivity index (χ0) is 15.3. The third kappa shape index (κ3) is 5.61. The van der Waals surface area contributed by atoms with Crippen molar-refractivity contribution in [3.63, 3.8) is 0 Å². The van der Waals surface area contributed by atoms with E-state index >= 15 is 0 Å². The zero-order valence-corrected chi connectivity index (χ0v) is 16.1. The number of nitrogens with zero attached hydrogens (tertiary/aromatic N) is 2. The molecule has 0 aliphatic carbocycles. The molecule has 1 aliphatic heterocycles. The predicted molar refractivity (Wildman–Crippen MR) is 94.1 cm³/mol. The fourth-order valence-corrected chi connectivity index (χ4v) is 2.29. The second kappa shape index (κ2) is 8.77. The summed E-state index contributed by atoms with van der Waals surface area (Å²) in [6.07, 6.45) is 0. The molecule has 0 aromatic carbocycles. The Morgan fingerprint density at radius 1 is 1.38 bits per heavy atom. The minimum absolute atomic E-state index is 0. The van der Waals surface area contributed by atoms with Gasteiger partial charge in [-0.25, -0.2) is 0 Å². The summed E-state index contributed by atoms with van der Waals surface area (Å²) in [5, 5.41) is 3.30. The Labute approximate surface area is 144 Å². The molecule has 1 aliphatic rings. The SMILES string of the molecule is CN=C(NCC(C)(C)OC)N1CC(C)C(C(=O)OC)C1.I. The van der Waals surface area contributed by atoms with E-state index in [-0.39, 0.29) is 47.4 Å². The first-order valence-electron chi connectivity index (χ1n) is 6.93. The van der Waals surface area contributed by atoms with Crippen molar-refractivity contribution >= 4 is 35.9 Å². The lowest BCUT2D eigenvalue weighted by molar-refractivity contribution is -0.145. The van der Waals surface area contributed by atoms with Crippen molar-refractivity contribution in [2.75, 3.05) is 40.9 Å². The molecule has 2 atom stereocenters. The molecular formula is C14H28IN3O3. The monoisotopic (exact) mass is 413 g/mol. The van der Waals surface area contributed by atoms with Gasteiger partial charge >= 0.3 is 5.97 Å². The van der Waals surface area contributed by atoms with E-state index in [0.29, 0.717) is 13.1 Å². The zero-order valence-electron chi connectivity index (χ0n) is 13.8. The molecule has 1 heterocycles. The van der Waals surface area contributed by atoms with Crippen molar-refractivity contribution in [1.82, 2.24) is 10.2 Å². The highest BCUT2D eigenvalue weighted by molar-refractivity contribution is 14.0. The van der Waals surface area contributed by atoms with Crippen molar-refractivity contribution in [2.24, 2.45) is 16.8 Å². The van der Waals surface area contributed by atoms with Gasteiger partial charge in [-0.05, 0) is 19.8 Å². The molecule has 0 saturated carbocycles. The van der Waals surface area contributed by atoms with Crippen LogP contribution in [0, 0.1) is 11.8 Å². The standard InChI is InChI=1S/C14H27N3O3.HI/c1-10-7-17(8-11(10)12(18)19-5)13(15-4)16-9-14(2,3)20-6;/h10-11H,7-9H2,1-6H3,(H,15,16);1H. The summed E-state index contributed by atoms with van der Waals surface area (Å²) < 4.78 is 10.2. The summed E-state index contributed by atoms with van der Waals surface area (Å²) in [6.45, 7) is 8.18. The molecule has 124 valence electrons. The summed E-state index contributed by atoms with van der Waals surface area (Å²) in [5.41, 5.74) is -0.261. The van der Waals surface area contributed by atoms with Crippen LogP contribution in [0.1, 0.15) is 20.8 Å². The van der Waals surface area contributed by atoms with Crippen LogP contribution in [0.2, 0.25) is 0 Å². The van der Waals surface area contributed by atoms with E-state index < -0.39 is 0 Å². The molecule has 0 aromatic heterocycles. The summed E-state index contributed by atoms with van der Waals surface area (Å²) in [4.78, 5) is 18.1. The number of hydrogen-bond acceptors (Lipinski definition) is 4. The van der Waals surface area contributed by atoms with Crippen molar-refractivity contribution in [3.8, 4) is 0 Å². The van der Waals surface area contributed by atoms with Gasteiger partial charge < -0.3 is 19.7 Å². The maximum Gasteiger partial charge on any atom is 0.310 e. The molecule has 0 radical (unpaired) electrons. The summed E-state index contributed by atoms with van der Waals surface area (Å²) in [7, 11) is 4.87. The number of rotatable bonds is 4. The van der Waals surface area contributed by atoms with E-state index in [1.807, 2.05) is 13.8 Å². The predicted octanol–water partition coefficient (Wildman–Crippen LogP) is 1.35. The van der Waals surface area contributed by atoms with Gasteiger partial charge in [-0.15, -0.1) is 24.0 Å². The Kier molecular flexibility index (Phi) is 8.53. The van der Waals surface area contributed by atoms with Gasteiger partial charge in [-0.3, -0.25) is 9.79 Å². The molecule has 0 aromatic rings. The van der Waals surface area contributed by atoms with E-state index in [1.165, 1.54) is 7.11 Å². The van der Waals surface area contributed by atoms with E-state index in [1.54, 1.807) is 14.2 Å². The average molecular weight is 413 g/mol. The number of nitrogens with one attached hydrogen (secondary N) is 1. The first-order valence-corrected chi connectivity index (χ1v) is 6.93. The van der Waals surface area contributed by atoms with Crippen LogP contribution in [0.4, 0.5) is 0 Å². The smallest absolute Gasteiger partial charge is 0.310 e. The molecule has 0 bridgehead atoms. The Morgan fingerprint density at radius 3 is 2.48 bits per heavy atom. The number of aliphatic imine (C=N–C) groups is 1. The van der Waals surface area contributed by atoms with Crippen LogP contribution in [0.25, 0.3) is 0 Å². The molecule has 7 heteroatoms. The Morgan fingerprint density at radius 2 is 2.00 bits per heavy atom. The maximum absolute atomic E-state index is 11.7. The van der Waals surface area contributed by atoms with Crippen molar-refractivity contribution in [2.45, 2.75) is 26.4 Å². The quantitative estimate of drug-likeness (QED) is 0.326. The average Bonchev–Trinajstić information content (AvgIpc) is 2.80. The fourth-order valence-electron chi connectivity index (χ4n) is 2.29. The molecule has 6 nitrogen and oxygen atoms in total. The largest absolute Gasteiger partial charge is 0.469 e. The number of hydrogen-bond donors (Lipinski definition) is 1. The molecular weight excluding hydrogens is 385 g/mol. The molecule has 1 fully saturated rings. The molecule has 1 N–H and O–H groups in total. The maximum atomic E-state index is 11.7. The number of carbonyl (C=O) groups is 1. The number of carbonyl (C=O) groups excluding carboxylic acids is 1. The van der Waals surface area contributed by atoms with Gasteiger partial charge in [-0.1, -0.05) is 6.92 Å². The van der Waals surface area contributed by atoms with E-state index in [2.05, 4.69) is 22.1 Å². The van der Waals surface area contributed by atoms with Gasteiger partial charge in [0.15, 0.2) is 5.96 Å². The molecule has 0 amide bonds. The van der Waals surface area contributed by atoms with Gasteiger partial charge in [0.2, 0.25) is 0 Å². The normalized spacial score (nSPS) is 22.8. The van der Waals surface area contributed by atoms with Crippen molar-refractivity contribution in [3.05, 3.63) is 0 Å². The minimum Gasteiger partial charge on any atom is -0.469 e. The van der Waals surface area contributed by atoms with Crippen molar-refractivity contribution < 1.29 is 14.3 Å². The number of halogens is 1. The van der Waals surface area contributed by atoms with Crippen LogP contribution in [0.5, 0.6) is 0 Å².